The molecule has 0 fully saturated rings. The molecule has 0 aromatic rings. The van der Waals surface area contributed by atoms with Crippen LogP contribution >= 0.6 is 0 Å². The molecule has 0 radical (unpaired) electrons. The van der Waals surface area contributed by atoms with Crippen LogP contribution in [-0.2, 0) is 73.1 Å². The second-order valence-electron chi connectivity index (χ2n) is 0. The number of rotatable bonds is 0. The van der Waals surface area contributed by atoms with Gasteiger partial charge in [-0.05, 0) is 0 Å². The van der Waals surface area contributed by atoms with Crippen LogP contribution in [0.5, 0.6) is 0 Å². The summed E-state index contributed by atoms with van der Waals surface area (Å²) in [5.74, 6) is 0. The molecule has 4 heavy (non-hydrogen) atoms. The average molecular weight is 382 g/mol. The maximum absolute atomic E-state index is 0. The van der Waals surface area contributed by atoms with E-state index in [0.29, 0.717) is 0 Å². The second kappa shape index (κ2) is 18.0. The minimum Gasteiger partial charge on any atom is -0.0776 e. The minimum atomic E-state index is 0. The molecule has 0 N–H and O–H groups in total. The van der Waals surface area contributed by atoms with Crippen LogP contribution in [0.25, 0.3) is 0 Å². The Morgan fingerprint density at radius 1 is 1.00 bits per heavy atom. The van der Waals surface area contributed by atoms with Gasteiger partial charge in [-0.2, -0.15) is 0 Å². The Morgan fingerprint density at radius 3 is 1.00 bits per heavy atom. The van der Waals surface area contributed by atoms with Gasteiger partial charge in [0.2, 0.25) is 0 Å². The van der Waals surface area contributed by atoms with Crippen molar-refractivity contribution in [3.05, 3.63) is 0 Å². The van der Waals surface area contributed by atoms with Crippen LogP contribution in [0.1, 0.15) is 7.43 Å². The van der Waals surface area contributed by atoms with Crippen molar-refractivity contribution in [1.82, 2.24) is 0 Å². The summed E-state index contributed by atoms with van der Waals surface area (Å²) < 4.78 is 0. The molecule has 0 rings (SSSR count). The second-order valence-corrected chi connectivity index (χ2v) is 0. The molecule has 0 amide bonds. The van der Waals surface area contributed by atoms with E-state index in [9.17, 15) is 0 Å². The van der Waals surface area contributed by atoms with Crippen molar-refractivity contribution in [2.24, 2.45) is 0 Å². The molecular weight excluding hydrogens is 378 g/mol. The van der Waals surface area contributed by atoms with Gasteiger partial charge in [0.15, 0.2) is 0 Å². The van der Waals surface area contributed by atoms with Crippen LogP contribution in [0, 0.1) is 0 Å². The normalized spacial score (nSPS) is 0. The third-order valence-corrected chi connectivity index (χ3v) is 0. The van der Waals surface area contributed by atoms with Crippen LogP contribution in [0.3, 0.4) is 0 Å². The van der Waals surface area contributed by atoms with Crippen LogP contribution < -0.4 is 0 Å². The zero-order valence-corrected chi connectivity index (χ0v) is 9.47. The van der Waals surface area contributed by atoms with E-state index in [1.807, 2.05) is 0 Å². The minimum absolute atomic E-state index is 0. The first-order chi connectivity index (χ1) is 0. The Hall–Kier alpha value is 2.44. The Balaban J connectivity index is 0. The fourth-order valence-electron chi connectivity index (χ4n) is 0. The van der Waals surface area contributed by atoms with Crippen molar-refractivity contribution >= 4 is 0 Å². The van der Waals surface area contributed by atoms with Gasteiger partial charge in [-0.15, -0.1) is 0 Å². The first-order valence-corrected chi connectivity index (χ1v) is 0. The van der Waals surface area contributed by atoms with Crippen LogP contribution in [0.4, 0.5) is 0 Å². The molecule has 3 heteroatoms. The van der Waals surface area contributed by atoms with E-state index in [1.165, 1.54) is 0 Å². The van der Waals surface area contributed by atoms with Crippen LogP contribution in [0.2, 0.25) is 0 Å². The largest absolute Gasteiger partial charge is 0.0776 e. The Kier molecular flexibility index (Phi) is 144. The molecule has 0 atom stereocenters. The fourth-order valence-corrected chi connectivity index (χ4v) is 0. The van der Waals surface area contributed by atoms with Gasteiger partial charge in [-0.1, -0.05) is 7.43 Å². The molecular formula is CH4HfMoZr. The standard InChI is InChI=1S/CH4.Hf.Mo.Zr/h1H4;;;. The van der Waals surface area contributed by atoms with E-state index in [4.69, 9.17) is 0 Å². The zero-order chi connectivity index (χ0) is 0. The first-order valence-electron chi connectivity index (χ1n) is 0. The average Bonchev–Trinajstić information content (AvgIpc) is 0. The predicted octanol–water partition coefficient (Wildman–Crippen LogP) is 0.629. The van der Waals surface area contributed by atoms with Gasteiger partial charge in [0.25, 0.3) is 0 Å². The van der Waals surface area contributed by atoms with Crippen molar-refractivity contribution in [3.63, 3.8) is 0 Å². The molecule has 0 heterocycles. The zero-order valence-electron chi connectivity index (χ0n) is 1.41. The van der Waals surface area contributed by atoms with Gasteiger partial charge in [0.05, 0.1) is 0 Å². The summed E-state index contributed by atoms with van der Waals surface area (Å²) in [6.07, 6.45) is 0. The smallest absolute Gasteiger partial charge is 0 e. The topological polar surface area (TPSA) is 0 Å². The SMILES string of the molecule is C.[Hf].[Mo].[Zr]. The third-order valence-electron chi connectivity index (χ3n) is 0. The van der Waals surface area contributed by atoms with Crippen LogP contribution in [0.15, 0.2) is 0 Å². The Labute approximate surface area is 79.3 Å². The molecule has 0 nitrogen and oxygen atoms in total. The summed E-state index contributed by atoms with van der Waals surface area (Å²) in [4.78, 5) is 0. The Bertz CT molecular complexity index is 8.00. The van der Waals surface area contributed by atoms with E-state index in [2.05, 4.69) is 0 Å². The molecule has 22 valence electrons. The first kappa shape index (κ1) is 32.0. The predicted molar refractivity (Wildman–Crippen MR) is 6.73 cm³/mol. The third kappa shape index (κ3) is 8.82. The molecule has 0 spiro atoms. The van der Waals surface area contributed by atoms with Crippen molar-refractivity contribution in [3.8, 4) is 0 Å². The molecule has 0 aromatic carbocycles. The maximum atomic E-state index is 0. The van der Waals surface area contributed by atoms with Crippen LogP contribution in [-0.4, -0.2) is 0 Å². The van der Waals surface area contributed by atoms with E-state index >= 15 is 0 Å². The van der Waals surface area contributed by atoms with Gasteiger partial charge in [-0.25, -0.2) is 0 Å². The molecule has 0 aromatic heterocycles. The number of hydrogen-bond acceptors (Lipinski definition) is 0. The van der Waals surface area contributed by atoms with Gasteiger partial charge in [0.1, 0.15) is 0 Å². The van der Waals surface area contributed by atoms with Crippen molar-refractivity contribution in [2.75, 3.05) is 0 Å². The summed E-state index contributed by atoms with van der Waals surface area (Å²) in [6.45, 7) is 0. The molecule has 0 aliphatic heterocycles. The van der Waals surface area contributed by atoms with E-state index in [1.54, 1.807) is 0 Å². The van der Waals surface area contributed by atoms with Gasteiger partial charge < -0.3 is 0 Å². The monoisotopic (exact) mass is 384 g/mol. The molecule has 0 unspecified atom stereocenters. The Morgan fingerprint density at radius 2 is 1.00 bits per heavy atom. The molecule has 0 saturated heterocycles. The fraction of sp³-hybridized carbons (Fsp3) is 1.00. The maximum Gasteiger partial charge on any atom is 0 e. The van der Waals surface area contributed by atoms with E-state index in [-0.39, 0.29) is 80.5 Å². The summed E-state index contributed by atoms with van der Waals surface area (Å²) in [6, 6.07) is 0. The van der Waals surface area contributed by atoms with Gasteiger partial charge >= 0.3 is 0 Å². The summed E-state index contributed by atoms with van der Waals surface area (Å²) in [7, 11) is 0. The van der Waals surface area contributed by atoms with E-state index in [0.717, 1.165) is 0 Å². The molecule has 0 saturated carbocycles. The summed E-state index contributed by atoms with van der Waals surface area (Å²) >= 11 is 0. The van der Waals surface area contributed by atoms with Crippen molar-refractivity contribution in [2.45, 2.75) is 7.43 Å². The van der Waals surface area contributed by atoms with Gasteiger partial charge in [-0.3, -0.25) is 0 Å². The van der Waals surface area contributed by atoms with Gasteiger partial charge in [0, 0.05) is 73.1 Å². The van der Waals surface area contributed by atoms with Crippen molar-refractivity contribution in [1.29, 1.82) is 0 Å². The number of hydrogen-bond donors (Lipinski definition) is 0. The van der Waals surface area contributed by atoms with E-state index < -0.39 is 0 Å². The summed E-state index contributed by atoms with van der Waals surface area (Å²) in [5, 5.41) is 0. The molecule has 0 aliphatic rings. The molecule has 0 bridgehead atoms. The summed E-state index contributed by atoms with van der Waals surface area (Å²) in [5.41, 5.74) is 0. The quantitative estimate of drug-likeness (QED) is 0.540. The van der Waals surface area contributed by atoms with Crippen molar-refractivity contribution < 1.29 is 73.1 Å². The molecule has 0 aliphatic carbocycles.